The molecule has 0 radical (unpaired) electrons. The highest BCUT2D eigenvalue weighted by Gasteiger charge is 2.32. The quantitative estimate of drug-likeness (QED) is 0.572. The van der Waals surface area contributed by atoms with E-state index < -0.39 is 5.97 Å². The number of anilines is 1. The Morgan fingerprint density at radius 1 is 1.21 bits per heavy atom. The molecular formula is C27H29FN4O2. The zero-order valence-corrected chi connectivity index (χ0v) is 19.4. The second kappa shape index (κ2) is 8.24. The molecule has 0 bridgehead atoms. The van der Waals surface area contributed by atoms with E-state index in [1.54, 1.807) is 0 Å². The smallest absolute Gasteiger partial charge is 0.306 e. The number of nitrogens with zero attached hydrogens (tertiary/aromatic N) is 3. The van der Waals surface area contributed by atoms with Crippen molar-refractivity contribution < 1.29 is 14.3 Å². The summed E-state index contributed by atoms with van der Waals surface area (Å²) in [5, 5.41) is 10.2. The summed E-state index contributed by atoms with van der Waals surface area (Å²) in [5.74, 6) is -1.12. The zero-order chi connectivity index (χ0) is 23.4. The van der Waals surface area contributed by atoms with Gasteiger partial charge in [0.2, 0.25) is 0 Å². The maximum atomic E-state index is 15.2. The number of H-pyrrole nitrogens is 1. The predicted molar refractivity (Wildman–Crippen MR) is 131 cm³/mol. The number of carboxylic acid groups (broad SMARTS) is 1. The largest absolute Gasteiger partial charge is 0.481 e. The van der Waals surface area contributed by atoms with Crippen LogP contribution in [0.1, 0.15) is 43.4 Å². The molecule has 2 N–H and O–H groups in total. The predicted octanol–water partition coefficient (Wildman–Crippen LogP) is 5.05. The van der Waals surface area contributed by atoms with Gasteiger partial charge in [-0.15, -0.1) is 0 Å². The number of aromatic nitrogens is 2. The number of benzene rings is 1. The number of nitrogens with one attached hydrogen (secondary N) is 1. The number of hydrogen-bond acceptors (Lipinski definition) is 4. The van der Waals surface area contributed by atoms with Gasteiger partial charge in [0, 0.05) is 66.2 Å². The summed E-state index contributed by atoms with van der Waals surface area (Å²) in [6, 6.07) is 8.45. The Hall–Kier alpha value is -3.19. The van der Waals surface area contributed by atoms with Gasteiger partial charge >= 0.3 is 5.97 Å². The van der Waals surface area contributed by atoms with Crippen LogP contribution >= 0.6 is 0 Å². The average Bonchev–Trinajstić information content (AvgIpc) is 3.15. The van der Waals surface area contributed by atoms with Gasteiger partial charge in [-0.3, -0.25) is 9.69 Å². The van der Waals surface area contributed by atoms with Gasteiger partial charge in [0.15, 0.2) is 0 Å². The second-order valence-corrected chi connectivity index (χ2v) is 9.87. The van der Waals surface area contributed by atoms with Gasteiger partial charge in [0.1, 0.15) is 11.5 Å². The molecule has 2 aromatic heterocycles. The van der Waals surface area contributed by atoms with E-state index in [1.807, 2.05) is 24.3 Å². The SMILES string of the molecule is CN1Cc2c(C3=CCN(C4CCC(C(=O)O)CC4)CC3)[nH]c3ncc(F)c(c23)-c2ccccc21. The minimum Gasteiger partial charge on any atom is -0.481 e. The lowest BCUT2D eigenvalue weighted by Crippen LogP contribution is -2.41. The summed E-state index contributed by atoms with van der Waals surface area (Å²) in [7, 11) is 2.06. The highest BCUT2D eigenvalue weighted by atomic mass is 19.1. The third kappa shape index (κ3) is 3.41. The number of pyridine rings is 1. The summed E-state index contributed by atoms with van der Waals surface area (Å²) in [4.78, 5) is 23.9. The molecule has 3 aromatic rings. The summed E-state index contributed by atoms with van der Waals surface area (Å²) in [6.45, 7) is 2.50. The van der Waals surface area contributed by atoms with E-state index >= 15 is 4.39 Å². The highest BCUT2D eigenvalue weighted by Crippen LogP contribution is 2.44. The fraction of sp³-hybridized carbons (Fsp3) is 0.407. The summed E-state index contributed by atoms with van der Waals surface area (Å²) < 4.78 is 15.2. The molecule has 34 heavy (non-hydrogen) atoms. The van der Waals surface area contributed by atoms with Crippen molar-refractivity contribution in [3.05, 3.63) is 53.6 Å². The van der Waals surface area contributed by atoms with E-state index in [1.165, 1.54) is 11.8 Å². The molecule has 6 nitrogen and oxygen atoms in total. The van der Waals surface area contributed by atoms with Crippen molar-refractivity contribution >= 4 is 28.3 Å². The third-order valence-corrected chi connectivity index (χ3v) is 7.98. The molecule has 1 saturated carbocycles. The van der Waals surface area contributed by atoms with Crippen LogP contribution in [0.4, 0.5) is 10.1 Å². The van der Waals surface area contributed by atoms with E-state index in [0.717, 1.165) is 78.7 Å². The number of carboxylic acids is 1. The number of hydrogen-bond donors (Lipinski definition) is 2. The number of aliphatic carboxylic acids is 1. The first-order valence-electron chi connectivity index (χ1n) is 12.2. The first-order valence-corrected chi connectivity index (χ1v) is 12.2. The molecule has 7 heteroatoms. The van der Waals surface area contributed by atoms with Gasteiger partial charge in [-0.05, 0) is 43.7 Å². The van der Waals surface area contributed by atoms with Crippen molar-refractivity contribution in [3.8, 4) is 11.1 Å². The number of fused-ring (bicyclic) bond motifs is 2. The Labute approximate surface area is 198 Å². The van der Waals surface area contributed by atoms with Crippen LogP contribution in [0.2, 0.25) is 0 Å². The number of halogens is 1. The molecular weight excluding hydrogens is 431 g/mol. The molecule has 6 rings (SSSR count). The van der Waals surface area contributed by atoms with Crippen LogP contribution < -0.4 is 4.90 Å². The lowest BCUT2D eigenvalue weighted by molar-refractivity contribution is -0.143. The third-order valence-electron chi connectivity index (χ3n) is 7.98. The first kappa shape index (κ1) is 21.4. The molecule has 176 valence electrons. The Morgan fingerprint density at radius 2 is 2.00 bits per heavy atom. The van der Waals surface area contributed by atoms with Gasteiger partial charge in [0.25, 0.3) is 0 Å². The normalized spacial score (nSPS) is 22.9. The minimum absolute atomic E-state index is 0.182. The van der Waals surface area contributed by atoms with E-state index in [9.17, 15) is 9.90 Å². The van der Waals surface area contributed by atoms with Gasteiger partial charge in [0.05, 0.1) is 12.1 Å². The maximum absolute atomic E-state index is 15.2. The zero-order valence-electron chi connectivity index (χ0n) is 19.4. The van der Waals surface area contributed by atoms with Gasteiger partial charge in [-0.25, -0.2) is 9.37 Å². The molecule has 1 fully saturated rings. The standard InChI is InChI=1S/C27H29FN4O2/c1-31-15-20-24-23(19-4-2-3-5-22(19)31)21(28)14-29-26(24)30-25(20)16-10-12-32(13-11-16)18-8-6-17(7-9-18)27(33)34/h2-5,10,14,17-18H,6-9,11-13,15H2,1H3,(H,29,30)(H,33,34). The lowest BCUT2D eigenvalue weighted by Gasteiger charge is -2.37. The van der Waals surface area contributed by atoms with Crippen LogP contribution in [0, 0.1) is 11.7 Å². The fourth-order valence-corrected chi connectivity index (χ4v) is 6.16. The molecule has 0 amide bonds. The summed E-state index contributed by atoms with van der Waals surface area (Å²) in [6.07, 6.45) is 7.97. The van der Waals surface area contributed by atoms with Crippen molar-refractivity contribution in [3.63, 3.8) is 0 Å². The lowest BCUT2D eigenvalue weighted by atomic mass is 9.84. The fourth-order valence-electron chi connectivity index (χ4n) is 6.16. The van der Waals surface area contributed by atoms with Crippen molar-refractivity contribution in [1.29, 1.82) is 0 Å². The number of para-hydroxylation sites is 1. The van der Waals surface area contributed by atoms with Crippen LogP contribution in [0.5, 0.6) is 0 Å². The molecule has 0 spiro atoms. The molecule has 4 heterocycles. The van der Waals surface area contributed by atoms with Crippen molar-refractivity contribution in [2.45, 2.75) is 44.7 Å². The maximum Gasteiger partial charge on any atom is 0.306 e. The highest BCUT2D eigenvalue weighted by molar-refractivity contribution is 6.03. The van der Waals surface area contributed by atoms with E-state index in [4.69, 9.17) is 0 Å². The monoisotopic (exact) mass is 460 g/mol. The van der Waals surface area contributed by atoms with Crippen LogP contribution in [0.15, 0.2) is 36.5 Å². The van der Waals surface area contributed by atoms with E-state index in [0.29, 0.717) is 18.2 Å². The molecule has 0 atom stereocenters. The first-order chi connectivity index (χ1) is 16.5. The average molecular weight is 461 g/mol. The Balaban J connectivity index is 1.33. The van der Waals surface area contributed by atoms with Crippen LogP contribution in [0.3, 0.4) is 0 Å². The summed E-state index contributed by atoms with van der Waals surface area (Å²) >= 11 is 0. The van der Waals surface area contributed by atoms with Gasteiger partial charge in [-0.1, -0.05) is 24.3 Å². The van der Waals surface area contributed by atoms with Crippen molar-refractivity contribution in [2.75, 3.05) is 25.0 Å². The molecule has 1 aromatic carbocycles. The topological polar surface area (TPSA) is 72.5 Å². The van der Waals surface area contributed by atoms with Crippen LogP contribution in [-0.2, 0) is 11.3 Å². The Morgan fingerprint density at radius 3 is 2.74 bits per heavy atom. The van der Waals surface area contributed by atoms with Crippen LogP contribution in [-0.4, -0.2) is 52.1 Å². The Kier molecular flexibility index (Phi) is 5.17. The molecule has 0 unspecified atom stereocenters. The molecule has 1 aliphatic carbocycles. The van der Waals surface area contributed by atoms with Crippen LogP contribution in [0.25, 0.3) is 27.7 Å². The van der Waals surface area contributed by atoms with E-state index in [2.05, 4.69) is 32.9 Å². The second-order valence-electron chi connectivity index (χ2n) is 9.87. The Bertz CT molecular complexity index is 1310. The van der Waals surface area contributed by atoms with Crippen molar-refractivity contribution in [2.24, 2.45) is 5.92 Å². The van der Waals surface area contributed by atoms with Gasteiger partial charge < -0.3 is 15.0 Å². The number of aromatic amines is 1. The minimum atomic E-state index is -0.653. The molecule has 2 aliphatic heterocycles. The molecule has 0 saturated heterocycles. The van der Waals surface area contributed by atoms with Gasteiger partial charge in [-0.2, -0.15) is 0 Å². The van der Waals surface area contributed by atoms with E-state index in [-0.39, 0.29) is 11.7 Å². The van der Waals surface area contributed by atoms with Crippen molar-refractivity contribution in [1.82, 2.24) is 14.9 Å². The molecule has 3 aliphatic rings. The number of rotatable bonds is 3. The summed E-state index contributed by atoms with van der Waals surface area (Å²) in [5.41, 5.74) is 6.74. The number of carbonyl (C=O) groups is 1.